The number of hydrogen-bond donors (Lipinski definition) is 1. The summed E-state index contributed by atoms with van der Waals surface area (Å²) in [6.07, 6.45) is 0. The van der Waals surface area contributed by atoms with Crippen molar-refractivity contribution in [1.82, 2.24) is 0 Å². The molecule has 1 unspecified atom stereocenters. The van der Waals surface area contributed by atoms with E-state index in [0.717, 1.165) is 0 Å². The first-order valence-electron chi connectivity index (χ1n) is 5.53. The molecule has 0 fully saturated rings. The summed E-state index contributed by atoms with van der Waals surface area (Å²) in [5.41, 5.74) is 0.651. The molecular weight excluding hydrogens is 250 g/mol. The van der Waals surface area contributed by atoms with E-state index in [9.17, 15) is 19.2 Å². The lowest BCUT2D eigenvalue weighted by Gasteiger charge is -2.21. The predicted octanol–water partition coefficient (Wildman–Crippen LogP) is 0.813. The molecule has 0 saturated carbocycles. The van der Waals surface area contributed by atoms with Gasteiger partial charge in [-0.3, -0.25) is 14.4 Å². The zero-order chi connectivity index (χ0) is 14.2. The van der Waals surface area contributed by atoms with Gasteiger partial charge >= 0.3 is 5.97 Å². The number of nitrogens with one attached hydrogen (secondary N) is 1. The van der Waals surface area contributed by atoms with Crippen molar-refractivity contribution >= 4 is 29.1 Å². The zero-order valence-electron chi connectivity index (χ0n) is 10.4. The van der Waals surface area contributed by atoms with Gasteiger partial charge in [-0.15, -0.1) is 0 Å². The molecule has 1 aromatic carbocycles. The molecule has 1 aliphatic rings. The van der Waals surface area contributed by atoms with Gasteiger partial charge in [0.25, 0.3) is 0 Å². The van der Waals surface area contributed by atoms with E-state index in [1.165, 1.54) is 32.2 Å². The number of ketones is 2. The van der Waals surface area contributed by atoms with Crippen LogP contribution < -0.4 is 5.32 Å². The Morgan fingerprint density at radius 3 is 2.53 bits per heavy atom. The molecule has 1 N–H and O–H groups in total. The van der Waals surface area contributed by atoms with Crippen LogP contribution in [0.15, 0.2) is 18.2 Å². The van der Waals surface area contributed by atoms with Crippen molar-refractivity contribution in [2.45, 2.75) is 6.92 Å². The van der Waals surface area contributed by atoms with E-state index in [1.807, 2.05) is 0 Å². The summed E-state index contributed by atoms with van der Waals surface area (Å²) < 4.78 is 4.55. The maximum absolute atomic E-state index is 12.0. The van der Waals surface area contributed by atoms with Gasteiger partial charge < -0.3 is 10.1 Å². The molecule has 0 spiro atoms. The second-order valence-corrected chi connectivity index (χ2v) is 4.15. The molecule has 0 saturated heterocycles. The van der Waals surface area contributed by atoms with E-state index in [-0.39, 0.29) is 16.8 Å². The van der Waals surface area contributed by atoms with Crippen LogP contribution in [0.3, 0.4) is 0 Å². The average Bonchev–Trinajstić information content (AvgIpc) is 2.36. The van der Waals surface area contributed by atoms with Gasteiger partial charge in [0.2, 0.25) is 5.91 Å². The minimum absolute atomic E-state index is 0.215. The van der Waals surface area contributed by atoms with Gasteiger partial charge in [-0.2, -0.15) is 0 Å². The van der Waals surface area contributed by atoms with Crippen molar-refractivity contribution in [3.63, 3.8) is 0 Å². The van der Waals surface area contributed by atoms with Crippen molar-refractivity contribution in [2.75, 3.05) is 12.4 Å². The first kappa shape index (κ1) is 12.9. The first-order valence-corrected chi connectivity index (χ1v) is 5.53. The highest BCUT2D eigenvalue weighted by molar-refractivity contribution is 6.30. The maximum atomic E-state index is 12.0. The van der Waals surface area contributed by atoms with E-state index in [1.54, 1.807) is 0 Å². The van der Waals surface area contributed by atoms with E-state index in [2.05, 4.69) is 10.1 Å². The number of esters is 1. The molecule has 1 aliphatic heterocycles. The number of carbonyl (C=O) groups is 4. The zero-order valence-corrected chi connectivity index (χ0v) is 10.4. The smallest absolute Gasteiger partial charge is 0.337 e. The third kappa shape index (κ3) is 2.12. The number of hydrogen-bond acceptors (Lipinski definition) is 5. The molecule has 98 valence electrons. The van der Waals surface area contributed by atoms with Crippen LogP contribution in [-0.4, -0.2) is 30.6 Å². The molecule has 1 heterocycles. The topological polar surface area (TPSA) is 89.5 Å². The van der Waals surface area contributed by atoms with Crippen molar-refractivity contribution in [2.24, 2.45) is 5.92 Å². The van der Waals surface area contributed by atoms with Crippen LogP contribution in [0.2, 0.25) is 0 Å². The Labute approximate surface area is 108 Å². The lowest BCUT2D eigenvalue weighted by atomic mass is 9.88. The van der Waals surface area contributed by atoms with E-state index >= 15 is 0 Å². The third-order valence-electron chi connectivity index (χ3n) is 2.89. The Balaban J connectivity index is 2.47. The number of anilines is 1. The highest BCUT2D eigenvalue weighted by atomic mass is 16.5. The van der Waals surface area contributed by atoms with Gasteiger partial charge in [-0.1, -0.05) is 0 Å². The van der Waals surface area contributed by atoms with Gasteiger partial charge in [0.15, 0.2) is 11.7 Å². The van der Waals surface area contributed by atoms with Crippen molar-refractivity contribution in [3.05, 3.63) is 29.3 Å². The fourth-order valence-corrected chi connectivity index (χ4v) is 1.96. The van der Waals surface area contributed by atoms with E-state index in [4.69, 9.17) is 0 Å². The molecule has 0 radical (unpaired) electrons. The third-order valence-corrected chi connectivity index (χ3v) is 2.89. The summed E-state index contributed by atoms with van der Waals surface area (Å²) in [5.74, 6) is -3.62. The number of methoxy groups -OCH3 is 1. The standard InChI is InChI=1S/C13H11NO5/c1-6(15)10-11(16)8-4-3-7(13(18)19-2)5-9(8)14-12(10)17/h3-5,10H,1-2H3,(H,14,17). The molecule has 6 heteroatoms. The molecule has 1 aromatic rings. The molecule has 2 rings (SSSR count). The van der Waals surface area contributed by atoms with Gasteiger partial charge in [0.1, 0.15) is 5.78 Å². The molecular formula is C13H11NO5. The Morgan fingerprint density at radius 2 is 1.95 bits per heavy atom. The lowest BCUT2D eigenvalue weighted by Crippen LogP contribution is -2.39. The number of rotatable bonds is 2. The highest BCUT2D eigenvalue weighted by Gasteiger charge is 2.37. The number of carbonyl (C=O) groups excluding carboxylic acids is 4. The molecule has 0 aromatic heterocycles. The quantitative estimate of drug-likeness (QED) is 0.628. The fourth-order valence-electron chi connectivity index (χ4n) is 1.96. The van der Waals surface area contributed by atoms with Gasteiger partial charge in [0.05, 0.1) is 18.4 Å². The summed E-state index contributed by atoms with van der Waals surface area (Å²) in [4.78, 5) is 46.4. The number of ether oxygens (including phenoxy) is 1. The molecule has 6 nitrogen and oxygen atoms in total. The predicted molar refractivity (Wildman–Crippen MR) is 64.9 cm³/mol. The van der Waals surface area contributed by atoms with Crippen LogP contribution in [0.1, 0.15) is 27.6 Å². The normalized spacial score (nSPS) is 17.5. The maximum Gasteiger partial charge on any atom is 0.337 e. The fraction of sp³-hybridized carbons (Fsp3) is 0.231. The van der Waals surface area contributed by atoms with Crippen LogP contribution in [0, 0.1) is 5.92 Å². The van der Waals surface area contributed by atoms with E-state index in [0.29, 0.717) is 0 Å². The largest absolute Gasteiger partial charge is 0.465 e. The summed E-state index contributed by atoms with van der Waals surface area (Å²) in [7, 11) is 1.23. The van der Waals surface area contributed by atoms with Crippen LogP contribution in [-0.2, 0) is 14.3 Å². The molecule has 1 amide bonds. The molecule has 0 aliphatic carbocycles. The Hall–Kier alpha value is -2.50. The van der Waals surface area contributed by atoms with Crippen molar-refractivity contribution in [1.29, 1.82) is 0 Å². The Kier molecular flexibility index (Phi) is 3.16. The van der Waals surface area contributed by atoms with Gasteiger partial charge in [0, 0.05) is 5.56 Å². The second kappa shape index (κ2) is 4.64. The monoisotopic (exact) mass is 261 g/mol. The number of benzene rings is 1. The lowest BCUT2D eigenvalue weighted by molar-refractivity contribution is -0.127. The minimum Gasteiger partial charge on any atom is -0.465 e. The summed E-state index contributed by atoms with van der Waals surface area (Å²) in [6.45, 7) is 1.19. The van der Waals surface area contributed by atoms with Crippen molar-refractivity contribution < 1.29 is 23.9 Å². The number of fused-ring (bicyclic) bond motifs is 1. The number of amides is 1. The summed E-state index contributed by atoms with van der Waals surface area (Å²) in [5, 5.41) is 2.45. The van der Waals surface area contributed by atoms with Crippen LogP contribution in [0.5, 0.6) is 0 Å². The Bertz CT molecular complexity index is 605. The van der Waals surface area contributed by atoms with Gasteiger partial charge in [-0.05, 0) is 25.1 Å². The van der Waals surface area contributed by atoms with Crippen LogP contribution >= 0.6 is 0 Å². The van der Waals surface area contributed by atoms with Crippen LogP contribution in [0.4, 0.5) is 5.69 Å². The molecule has 19 heavy (non-hydrogen) atoms. The minimum atomic E-state index is -1.31. The average molecular weight is 261 g/mol. The molecule has 1 atom stereocenters. The van der Waals surface area contributed by atoms with Crippen molar-refractivity contribution in [3.8, 4) is 0 Å². The first-order chi connectivity index (χ1) is 8.95. The highest BCUT2D eigenvalue weighted by Crippen LogP contribution is 2.27. The summed E-state index contributed by atoms with van der Waals surface area (Å²) in [6, 6.07) is 4.17. The number of Topliss-reactive ketones (excluding diaryl/α,β-unsaturated/α-hetero) is 2. The second-order valence-electron chi connectivity index (χ2n) is 4.15. The summed E-state index contributed by atoms with van der Waals surface area (Å²) >= 11 is 0. The van der Waals surface area contributed by atoms with Gasteiger partial charge in [-0.25, -0.2) is 4.79 Å². The van der Waals surface area contributed by atoms with Crippen LogP contribution in [0.25, 0.3) is 0 Å². The van der Waals surface area contributed by atoms with E-state index < -0.39 is 29.4 Å². The SMILES string of the molecule is COC(=O)c1ccc2c(c1)NC(=O)C(C(C)=O)C2=O. The molecule has 0 bridgehead atoms. The Morgan fingerprint density at radius 1 is 1.26 bits per heavy atom.